The van der Waals surface area contributed by atoms with Crippen LogP contribution in [-0.2, 0) is 9.53 Å². The molecule has 0 saturated heterocycles. The van der Waals surface area contributed by atoms with Gasteiger partial charge in [-0.1, -0.05) is 23.2 Å². The first-order valence-corrected chi connectivity index (χ1v) is 7.95. The van der Waals surface area contributed by atoms with Crippen molar-refractivity contribution in [3.05, 3.63) is 62.1 Å². The summed E-state index contributed by atoms with van der Waals surface area (Å²) in [6.45, 7) is 1.35. The highest BCUT2D eigenvalue weighted by molar-refractivity contribution is 6.36. The van der Waals surface area contributed by atoms with E-state index < -0.39 is 28.6 Å². The summed E-state index contributed by atoms with van der Waals surface area (Å²) in [5.41, 5.74) is 5.15. The van der Waals surface area contributed by atoms with Crippen molar-refractivity contribution in [2.75, 3.05) is 11.1 Å². The van der Waals surface area contributed by atoms with E-state index in [2.05, 4.69) is 5.32 Å². The Bertz CT molecular complexity index is 888. The van der Waals surface area contributed by atoms with Crippen LogP contribution in [0.1, 0.15) is 17.3 Å². The number of halogens is 2. The van der Waals surface area contributed by atoms with Crippen molar-refractivity contribution in [2.45, 2.75) is 13.0 Å². The molecule has 10 heteroatoms. The minimum Gasteiger partial charge on any atom is -0.449 e. The van der Waals surface area contributed by atoms with E-state index in [4.69, 9.17) is 33.7 Å². The summed E-state index contributed by atoms with van der Waals surface area (Å²) >= 11 is 11.7. The second kappa shape index (κ2) is 8.03. The van der Waals surface area contributed by atoms with Gasteiger partial charge in [-0.15, -0.1) is 0 Å². The Hall–Kier alpha value is -2.84. The van der Waals surface area contributed by atoms with Gasteiger partial charge in [0.2, 0.25) is 0 Å². The molecule has 2 rings (SSSR count). The molecule has 0 aliphatic rings. The smallest absolute Gasteiger partial charge is 0.339 e. The summed E-state index contributed by atoms with van der Waals surface area (Å²) in [6, 6.07) is 7.95. The predicted molar refractivity (Wildman–Crippen MR) is 97.5 cm³/mol. The Kier molecular flexibility index (Phi) is 6.01. The van der Waals surface area contributed by atoms with E-state index in [0.717, 1.165) is 6.07 Å². The third kappa shape index (κ3) is 4.62. The van der Waals surface area contributed by atoms with E-state index in [0.29, 0.717) is 10.7 Å². The van der Waals surface area contributed by atoms with Crippen LogP contribution in [-0.4, -0.2) is 22.9 Å². The van der Waals surface area contributed by atoms with Crippen molar-refractivity contribution >= 4 is 52.1 Å². The molecule has 0 aromatic heterocycles. The number of nitro benzene ring substituents is 1. The van der Waals surface area contributed by atoms with Gasteiger partial charge in [0, 0.05) is 11.1 Å². The van der Waals surface area contributed by atoms with Crippen LogP contribution in [0.5, 0.6) is 0 Å². The van der Waals surface area contributed by atoms with Crippen molar-refractivity contribution < 1.29 is 19.2 Å². The van der Waals surface area contributed by atoms with Crippen molar-refractivity contribution in [3.8, 4) is 0 Å². The largest absolute Gasteiger partial charge is 0.449 e. The summed E-state index contributed by atoms with van der Waals surface area (Å²) in [5.74, 6) is -1.54. The first-order valence-electron chi connectivity index (χ1n) is 7.20. The number of rotatable bonds is 5. The number of carbonyl (C=O) groups is 2. The minimum absolute atomic E-state index is 0.0882. The van der Waals surface area contributed by atoms with Gasteiger partial charge in [-0.05, 0) is 37.3 Å². The summed E-state index contributed by atoms with van der Waals surface area (Å²) in [7, 11) is 0. The second-order valence-electron chi connectivity index (χ2n) is 5.19. The quantitative estimate of drug-likeness (QED) is 0.343. The molecular formula is C16H13Cl2N3O5. The Morgan fingerprint density at radius 1 is 1.23 bits per heavy atom. The van der Waals surface area contributed by atoms with E-state index in [9.17, 15) is 19.7 Å². The summed E-state index contributed by atoms with van der Waals surface area (Å²) in [6.07, 6.45) is -1.18. The summed E-state index contributed by atoms with van der Waals surface area (Å²) < 4.78 is 5.03. The number of anilines is 2. The molecule has 26 heavy (non-hydrogen) atoms. The number of hydrogen-bond donors (Lipinski definition) is 2. The van der Waals surface area contributed by atoms with Crippen LogP contribution in [0.2, 0.25) is 10.0 Å². The molecule has 2 aromatic rings. The van der Waals surface area contributed by atoms with Crippen LogP contribution in [0.15, 0.2) is 36.4 Å². The van der Waals surface area contributed by atoms with E-state index >= 15 is 0 Å². The van der Waals surface area contributed by atoms with Gasteiger partial charge >= 0.3 is 5.97 Å². The maximum Gasteiger partial charge on any atom is 0.339 e. The normalized spacial score (nSPS) is 11.5. The average molecular weight is 398 g/mol. The zero-order valence-corrected chi connectivity index (χ0v) is 14.9. The monoisotopic (exact) mass is 397 g/mol. The lowest BCUT2D eigenvalue weighted by atomic mass is 10.2. The standard InChI is InChI=1S/C16H13Cl2N3O5/c1-8(15(22)20-13-5-3-10(17)7-11(13)18)26-16(23)9-2-4-12(19)14(6-9)21(24)25/h2-8H,19H2,1H3,(H,20,22)/t8-/m0/s1. The number of carbonyl (C=O) groups excluding carboxylic acids is 2. The fourth-order valence-electron chi connectivity index (χ4n) is 1.94. The van der Waals surface area contributed by atoms with Crippen molar-refractivity contribution in [1.29, 1.82) is 0 Å². The number of amides is 1. The highest BCUT2D eigenvalue weighted by atomic mass is 35.5. The van der Waals surface area contributed by atoms with E-state index in [1.165, 1.54) is 37.3 Å². The lowest BCUT2D eigenvalue weighted by molar-refractivity contribution is -0.383. The van der Waals surface area contributed by atoms with Gasteiger partial charge in [0.25, 0.3) is 11.6 Å². The van der Waals surface area contributed by atoms with Gasteiger partial charge in [0.1, 0.15) is 5.69 Å². The molecule has 0 heterocycles. The molecule has 0 unspecified atom stereocenters. The number of nitrogens with two attached hydrogens (primary N) is 1. The van der Waals surface area contributed by atoms with Crippen LogP contribution in [0.3, 0.4) is 0 Å². The number of nitro groups is 1. The number of esters is 1. The van der Waals surface area contributed by atoms with Crippen LogP contribution in [0.4, 0.5) is 17.1 Å². The number of benzene rings is 2. The average Bonchev–Trinajstić information content (AvgIpc) is 2.57. The highest BCUT2D eigenvalue weighted by Gasteiger charge is 2.22. The Morgan fingerprint density at radius 2 is 1.92 bits per heavy atom. The molecule has 0 aliphatic carbocycles. The molecule has 0 bridgehead atoms. The molecule has 3 N–H and O–H groups in total. The maximum atomic E-state index is 12.1. The fourth-order valence-corrected chi connectivity index (χ4v) is 2.39. The SMILES string of the molecule is C[C@H](OC(=O)c1ccc(N)c([N+](=O)[O-])c1)C(=O)Nc1ccc(Cl)cc1Cl. The molecule has 0 aliphatic heterocycles. The lowest BCUT2D eigenvalue weighted by Crippen LogP contribution is -2.30. The van der Waals surface area contributed by atoms with E-state index in [1.807, 2.05) is 0 Å². The van der Waals surface area contributed by atoms with Crippen molar-refractivity contribution in [1.82, 2.24) is 0 Å². The van der Waals surface area contributed by atoms with E-state index in [-0.39, 0.29) is 16.3 Å². The zero-order valence-electron chi connectivity index (χ0n) is 13.4. The molecule has 1 atom stereocenters. The predicted octanol–water partition coefficient (Wildman–Crippen LogP) is 3.67. The molecule has 8 nitrogen and oxygen atoms in total. The first-order chi connectivity index (χ1) is 12.2. The third-order valence-corrected chi connectivity index (χ3v) is 3.85. The fraction of sp³-hybridized carbons (Fsp3) is 0.125. The van der Waals surface area contributed by atoms with Crippen LogP contribution in [0, 0.1) is 10.1 Å². The molecule has 0 radical (unpaired) electrons. The van der Waals surface area contributed by atoms with Gasteiger partial charge in [0.05, 0.1) is 21.2 Å². The molecule has 2 aromatic carbocycles. The Balaban J connectivity index is 2.07. The van der Waals surface area contributed by atoms with Gasteiger partial charge < -0.3 is 15.8 Å². The highest BCUT2D eigenvalue weighted by Crippen LogP contribution is 2.26. The Labute approximate surface area is 158 Å². The summed E-state index contributed by atoms with van der Waals surface area (Å²) in [4.78, 5) is 34.4. The molecular weight excluding hydrogens is 385 g/mol. The molecule has 1 amide bonds. The second-order valence-corrected chi connectivity index (χ2v) is 6.04. The molecule has 0 saturated carbocycles. The van der Waals surface area contributed by atoms with Gasteiger partial charge in [0.15, 0.2) is 6.10 Å². The first kappa shape index (κ1) is 19.5. The third-order valence-electron chi connectivity index (χ3n) is 3.30. The number of nitrogen functional groups attached to an aromatic ring is 1. The zero-order chi connectivity index (χ0) is 19.4. The number of hydrogen-bond acceptors (Lipinski definition) is 6. The van der Waals surface area contributed by atoms with Gasteiger partial charge in [-0.3, -0.25) is 14.9 Å². The maximum absolute atomic E-state index is 12.1. The number of nitrogens with one attached hydrogen (secondary N) is 1. The van der Waals surface area contributed by atoms with Crippen molar-refractivity contribution in [3.63, 3.8) is 0 Å². The number of nitrogens with zero attached hydrogens (tertiary/aromatic N) is 1. The summed E-state index contributed by atoms with van der Waals surface area (Å²) in [5, 5.41) is 14.0. The molecule has 136 valence electrons. The van der Waals surface area contributed by atoms with Crippen molar-refractivity contribution in [2.24, 2.45) is 0 Å². The number of ether oxygens (including phenoxy) is 1. The van der Waals surface area contributed by atoms with Gasteiger partial charge in [-0.2, -0.15) is 0 Å². The molecule has 0 fully saturated rings. The Morgan fingerprint density at radius 3 is 2.54 bits per heavy atom. The molecule has 0 spiro atoms. The van der Waals surface area contributed by atoms with Crippen LogP contribution >= 0.6 is 23.2 Å². The lowest BCUT2D eigenvalue weighted by Gasteiger charge is -2.14. The topological polar surface area (TPSA) is 125 Å². The minimum atomic E-state index is -1.18. The van der Waals surface area contributed by atoms with Crippen LogP contribution in [0.25, 0.3) is 0 Å². The van der Waals surface area contributed by atoms with Crippen LogP contribution < -0.4 is 11.1 Å². The van der Waals surface area contributed by atoms with E-state index in [1.54, 1.807) is 0 Å². The van der Waals surface area contributed by atoms with Gasteiger partial charge in [-0.25, -0.2) is 4.79 Å².